The van der Waals surface area contributed by atoms with Crippen LogP contribution in [-0.4, -0.2) is 15.5 Å². The summed E-state index contributed by atoms with van der Waals surface area (Å²) in [6.07, 6.45) is -4.58. The molecule has 0 aliphatic rings. The van der Waals surface area contributed by atoms with Gasteiger partial charge in [-0.1, -0.05) is 46.3 Å². The number of nitrogens with zero attached hydrogens (tertiary/aromatic N) is 2. The Bertz CT molecular complexity index is 1380. The number of halogens is 4. The standard InChI is InChI=1S/C23H15BrF3N3O2/c24-16-7-3-5-14(11-16)13-28-21(31)20-22(32)30(19-10-2-1-9-18(19)29-20)17-8-4-6-15(12-17)23(25,26)27/h1-12H,13H2,(H,28,31). The predicted molar refractivity (Wildman–Crippen MR) is 118 cm³/mol. The third-order valence-electron chi connectivity index (χ3n) is 4.75. The summed E-state index contributed by atoms with van der Waals surface area (Å²) in [7, 11) is 0. The second kappa shape index (κ2) is 8.58. The molecule has 1 heterocycles. The maximum absolute atomic E-state index is 13.2. The molecule has 4 rings (SSSR count). The first-order valence-corrected chi connectivity index (χ1v) is 10.3. The molecule has 3 aromatic carbocycles. The van der Waals surface area contributed by atoms with Crippen molar-refractivity contribution in [3.05, 3.63) is 104 Å². The quantitative estimate of drug-likeness (QED) is 0.423. The van der Waals surface area contributed by atoms with Crippen LogP contribution >= 0.6 is 15.9 Å². The lowest BCUT2D eigenvalue weighted by Gasteiger charge is -2.14. The topological polar surface area (TPSA) is 64.0 Å². The van der Waals surface area contributed by atoms with Gasteiger partial charge in [-0.15, -0.1) is 0 Å². The molecule has 0 aliphatic carbocycles. The summed E-state index contributed by atoms with van der Waals surface area (Å²) >= 11 is 3.35. The number of rotatable bonds is 4. The fourth-order valence-corrected chi connectivity index (χ4v) is 3.72. The number of benzene rings is 3. The molecule has 0 saturated carbocycles. The smallest absolute Gasteiger partial charge is 0.346 e. The molecule has 0 fully saturated rings. The van der Waals surface area contributed by atoms with Crippen molar-refractivity contribution in [2.45, 2.75) is 12.7 Å². The maximum Gasteiger partial charge on any atom is 0.416 e. The molecular weight excluding hydrogens is 487 g/mol. The van der Waals surface area contributed by atoms with Crippen molar-refractivity contribution in [1.82, 2.24) is 14.9 Å². The van der Waals surface area contributed by atoms with Gasteiger partial charge in [0.05, 0.1) is 16.6 Å². The minimum atomic E-state index is -4.58. The zero-order chi connectivity index (χ0) is 22.9. The van der Waals surface area contributed by atoms with Crippen LogP contribution in [0.4, 0.5) is 13.2 Å². The van der Waals surface area contributed by atoms with Gasteiger partial charge in [-0.05, 0) is 48.0 Å². The average Bonchev–Trinajstić information content (AvgIpc) is 2.76. The van der Waals surface area contributed by atoms with Crippen molar-refractivity contribution in [3.63, 3.8) is 0 Å². The molecule has 0 spiro atoms. The second-order valence-electron chi connectivity index (χ2n) is 6.95. The number of carbonyl (C=O) groups excluding carboxylic acids is 1. The zero-order valence-electron chi connectivity index (χ0n) is 16.4. The van der Waals surface area contributed by atoms with E-state index in [1.807, 2.05) is 12.1 Å². The Morgan fingerprint density at radius 1 is 1.00 bits per heavy atom. The summed E-state index contributed by atoms with van der Waals surface area (Å²) in [5, 5.41) is 2.65. The van der Waals surface area contributed by atoms with Crippen LogP contribution in [0.25, 0.3) is 16.7 Å². The fourth-order valence-electron chi connectivity index (χ4n) is 3.27. The Labute approximate surface area is 188 Å². The molecule has 0 aliphatic heterocycles. The highest BCUT2D eigenvalue weighted by atomic mass is 79.9. The number of alkyl halides is 3. The first-order valence-electron chi connectivity index (χ1n) is 9.46. The summed E-state index contributed by atoms with van der Waals surface area (Å²) in [5.74, 6) is -0.721. The number of para-hydroxylation sites is 2. The molecule has 1 N–H and O–H groups in total. The molecular formula is C23H15BrF3N3O2. The van der Waals surface area contributed by atoms with Crippen LogP contribution in [0.1, 0.15) is 21.6 Å². The molecule has 0 unspecified atom stereocenters. The summed E-state index contributed by atoms with van der Waals surface area (Å²) in [5.41, 5.74) is -0.733. The maximum atomic E-state index is 13.2. The van der Waals surface area contributed by atoms with Gasteiger partial charge in [-0.2, -0.15) is 13.2 Å². The zero-order valence-corrected chi connectivity index (χ0v) is 17.9. The van der Waals surface area contributed by atoms with E-state index in [9.17, 15) is 22.8 Å². The van der Waals surface area contributed by atoms with Gasteiger partial charge in [0.15, 0.2) is 5.69 Å². The van der Waals surface area contributed by atoms with E-state index in [2.05, 4.69) is 26.2 Å². The minimum absolute atomic E-state index is 0.00975. The van der Waals surface area contributed by atoms with Crippen LogP contribution in [0.2, 0.25) is 0 Å². The molecule has 32 heavy (non-hydrogen) atoms. The minimum Gasteiger partial charge on any atom is -0.346 e. The first kappa shape index (κ1) is 21.8. The van der Waals surface area contributed by atoms with Crippen molar-refractivity contribution in [2.24, 2.45) is 0 Å². The van der Waals surface area contributed by atoms with Crippen LogP contribution < -0.4 is 10.9 Å². The summed E-state index contributed by atoms with van der Waals surface area (Å²) in [6, 6.07) is 18.1. The van der Waals surface area contributed by atoms with Crippen molar-refractivity contribution >= 4 is 32.9 Å². The van der Waals surface area contributed by atoms with Crippen molar-refractivity contribution in [3.8, 4) is 5.69 Å². The Kier molecular flexibility index (Phi) is 5.84. The molecule has 1 amide bonds. The summed E-state index contributed by atoms with van der Waals surface area (Å²) in [4.78, 5) is 30.2. The van der Waals surface area contributed by atoms with E-state index in [0.717, 1.165) is 26.7 Å². The normalized spacial score (nSPS) is 11.5. The highest BCUT2D eigenvalue weighted by molar-refractivity contribution is 9.10. The van der Waals surface area contributed by atoms with Crippen LogP contribution in [0.3, 0.4) is 0 Å². The number of aromatic nitrogens is 2. The molecule has 1 aromatic heterocycles. The highest BCUT2D eigenvalue weighted by Crippen LogP contribution is 2.30. The second-order valence-corrected chi connectivity index (χ2v) is 7.87. The largest absolute Gasteiger partial charge is 0.416 e. The highest BCUT2D eigenvalue weighted by Gasteiger charge is 2.31. The molecule has 162 valence electrons. The number of hydrogen-bond acceptors (Lipinski definition) is 3. The Morgan fingerprint density at radius 3 is 2.50 bits per heavy atom. The van der Waals surface area contributed by atoms with Crippen molar-refractivity contribution in [2.75, 3.05) is 0 Å². The van der Waals surface area contributed by atoms with Gasteiger partial charge in [0, 0.05) is 16.7 Å². The van der Waals surface area contributed by atoms with Gasteiger partial charge in [0.1, 0.15) is 0 Å². The van der Waals surface area contributed by atoms with E-state index in [-0.39, 0.29) is 12.2 Å². The van der Waals surface area contributed by atoms with Crippen molar-refractivity contribution in [1.29, 1.82) is 0 Å². The van der Waals surface area contributed by atoms with Crippen molar-refractivity contribution < 1.29 is 18.0 Å². The van der Waals surface area contributed by atoms with E-state index >= 15 is 0 Å². The number of hydrogen-bond donors (Lipinski definition) is 1. The van der Waals surface area contributed by atoms with Crippen LogP contribution in [0.15, 0.2) is 82.1 Å². The van der Waals surface area contributed by atoms with Crippen LogP contribution in [0, 0.1) is 0 Å². The number of fused-ring (bicyclic) bond motifs is 1. The molecule has 0 radical (unpaired) electrons. The molecule has 0 atom stereocenters. The lowest BCUT2D eigenvalue weighted by atomic mass is 10.1. The lowest BCUT2D eigenvalue weighted by molar-refractivity contribution is -0.137. The van der Waals surface area contributed by atoms with Gasteiger partial charge in [0.2, 0.25) is 0 Å². The van der Waals surface area contributed by atoms with Gasteiger partial charge in [-0.3, -0.25) is 14.2 Å². The van der Waals surface area contributed by atoms with Crippen LogP contribution in [0.5, 0.6) is 0 Å². The van der Waals surface area contributed by atoms with E-state index in [1.165, 1.54) is 12.1 Å². The molecule has 9 heteroatoms. The SMILES string of the molecule is O=C(NCc1cccc(Br)c1)c1nc2ccccc2n(-c2cccc(C(F)(F)F)c2)c1=O. The third-order valence-corrected chi connectivity index (χ3v) is 5.24. The lowest BCUT2D eigenvalue weighted by Crippen LogP contribution is -2.34. The monoisotopic (exact) mass is 501 g/mol. The van der Waals surface area contributed by atoms with Gasteiger partial charge in [-0.25, -0.2) is 4.98 Å². The fraction of sp³-hybridized carbons (Fsp3) is 0.0870. The third kappa shape index (κ3) is 4.43. The van der Waals surface area contributed by atoms with Crippen LogP contribution in [-0.2, 0) is 12.7 Å². The molecule has 5 nitrogen and oxygen atoms in total. The summed E-state index contributed by atoms with van der Waals surface area (Å²) < 4.78 is 41.6. The number of nitrogens with one attached hydrogen (secondary N) is 1. The molecule has 0 saturated heterocycles. The van der Waals surface area contributed by atoms with E-state index in [0.29, 0.717) is 11.0 Å². The average molecular weight is 502 g/mol. The summed E-state index contributed by atoms with van der Waals surface area (Å²) in [6.45, 7) is 0.149. The number of amides is 1. The Hall–Kier alpha value is -3.46. The van der Waals surface area contributed by atoms with Gasteiger partial charge >= 0.3 is 6.18 Å². The van der Waals surface area contributed by atoms with Gasteiger partial charge in [0.25, 0.3) is 11.5 Å². The Morgan fingerprint density at radius 2 is 1.75 bits per heavy atom. The predicted octanol–water partition coefficient (Wildman–Crippen LogP) is 5.10. The molecule has 0 bridgehead atoms. The Balaban J connectivity index is 1.80. The van der Waals surface area contributed by atoms with E-state index in [4.69, 9.17) is 0 Å². The van der Waals surface area contributed by atoms with Gasteiger partial charge < -0.3 is 5.32 Å². The first-order chi connectivity index (χ1) is 15.2. The van der Waals surface area contributed by atoms with E-state index in [1.54, 1.807) is 36.4 Å². The van der Waals surface area contributed by atoms with E-state index < -0.39 is 28.9 Å². The molecule has 4 aromatic rings. The number of carbonyl (C=O) groups is 1.